The van der Waals surface area contributed by atoms with Crippen LogP contribution >= 0.6 is 0 Å². The van der Waals surface area contributed by atoms with Gasteiger partial charge < -0.3 is 5.32 Å². The molecule has 0 atom stereocenters. The van der Waals surface area contributed by atoms with Gasteiger partial charge in [0.05, 0.1) is 15.4 Å². The molecule has 0 spiro atoms. The van der Waals surface area contributed by atoms with Crippen LogP contribution in [0.1, 0.15) is 17.5 Å². The second kappa shape index (κ2) is 4.64. The van der Waals surface area contributed by atoms with Crippen molar-refractivity contribution in [1.82, 2.24) is 5.32 Å². The topological polar surface area (TPSA) is 46.2 Å². The van der Waals surface area contributed by atoms with Gasteiger partial charge in [-0.15, -0.1) is 0 Å². The number of fused-ring (bicyclic) bond motifs is 1. The number of hydrogen-bond donors (Lipinski definition) is 1. The molecule has 0 fully saturated rings. The second-order valence-corrected chi connectivity index (χ2v) is 6.19. The molecule has 0 bridgehead atoms. The van der Waals surface area contributed by atoms with Crippen LogP contribution in [0.15, 0.2) is 28.0 Å². The molecule has 3 nitrogen and oxygen atoms in total. The average Bonchev–Trinajstić information content (AvgIpc) is 2.57. The van der Waals surface area contributed by atoms with Gasteiger partial charge in [0, 0.05) is 0 Å². The zero-order valence-electron chi connectivity index (χ0n) is 10.1. The summed E-state index contributed by atoms with van der Waals surface area (Å²) in [6, 6.07) is 2.79. The van der Waals surface area contributed by atoms with Crippen LogP contribution in [0.4, 0.5) is 13.2 Å². The summed E-state index contributed by atoms with van der Waals surface area (Å²) in [7, 11) is -2.10. The minimum absolute atomic E-state index is 0.149. The molecule has 1 aromatic rings. The summed E-state index contributed by atoms with van der Waals surface area (Å²) in [5.41, 5.74) is -0.628. The molecule has 1 heterocycles. The lowest BCUT2D eigenvalue weighted by molar-refractivity contribution is -0.137. The van der Waals surface area contributed by atoms with Crippen molar-refractivity contribution in [2.45, 2.75) is 17.5 Å². The highest BCUT2D eigenvalue weighted by Crippen LogP contribution is 2.38. The third kappa shape index (κ3) is 2.52. The molecule has 0 unspecified atom stereocenters. The van der Waals surface area contributed by atoms with Gasteiger partial charge in [0.1, 0.15) is 0 Å². The zero-order chi connectivity index (χ0) is 14.3. The first kappa shape index (κ1) is 14.1. The average molecular weight is 291 g/mol. The molecule has 1 N–H and O–H groups in total. The summed E-state index contributed by atoms with van der Waals surface area (Å²) < 4.78 is 62.0. The number of sulfone groups is 1. The van der Waals surface area contributed by atoms with Gasteiger partial charge in [-0.25, -0.2) is 8.42 Å². The maximum Gasteiger partial charge on any atom is 0.416 e. The van der Waals surface area contributed by atoms with Crippen molar-refractivity contribution in [3.63, 3.8) is 0 Å². The maximum atomic E-state index is 12.6. The lowest BCUT2D eigenvalue weighted by atomic mass is 10.1. The van der Waals surface area contributed by atoms with Crippen LogP contribution in [0.25, 0.3) is 6.08 Å². The first-order valence-corrected chi connectivity index (χ1v) is 7.06. The van der Waals surface area contributed by atoms with Crippen molar-refractivity contribution >= 4 is 15.9 Å². The highest BCUT2D eigenvalue weighted by Gasteiger charge is 2.35. The first-order chi connectivity index (χ1) is 8.76. The minimum Gasteiger partial charge on any atom is -0.319 e. The molecular formula is C12H12F3NO2S. The Balaban J connectivity index is 2.45. The number of benzene rings is 1. The number of halogens is 3. The van der Waals surface area contributed by atoms with Crippen LogP contribution in [0.2, 0.25) is 0 Å². The van der Waals surface area contributed by atoms with E-state index in [2.05, 4.69) is 5.32 Å². The fraction of sp³-hybridized carbons (Fsp3) is 0.333. The molecule has 1 aliphatic heterocycles. The normalized spacial score (nSPS) is 17.2. The van der Waals surface area contributed by atoms with Crippen LogP contribution in [0.5, 0.6) is 0 Å². The summed E-state index contributed by atoms with van der Waals surface area (Å²) in [5.74, 6) is 0. The van der Waals surface area contributed by atoms with E-state index in [0.29, 0.717) is 18.2 Å². The molecule has 104 valence electrons. The third-order valence-corrected chi connectivity index (χ3v) is 4.86. The zero-order valence-corrected chi connectivity index (χ0v) is 10.9. The highest BCUT2D eigenvalue weighted by molar-refractivity contribution is 7.95. The molecule has 0 radical (unpaired) electrons. The van der Waals surface area contributed by atoms with E-state index >= 15 is 0 Å². The molecule has 0 saturated heterocycles. The highest BCUT2D eigenvalue weighted by atomic mass is 32.2. The summed E-state index contributed by atoms with van der Waals surface area (Å²) in [4.78, 5) is -0.107. The standard InChI is InChI=1S/C12H12F3NO2S/c1-16-5-4-10-6-8-2-3-9(12(13,14)15)7-11(8)19(10,17)18/h2-3,6-7,16H,4-5H2,1H3. The van der Waals surface area contributed by atoms with Crippen LogP contribution in [0, 0.1) is 0 Å². The Morgan fingerprint density at radius 1 is 1.26 bits per heavy atom. The SMILES string of the molecule is CNCCC1=Cc2ccc(C(F)(F)F)cc2S1(=O)=O. The van der Waals surface area contributed by atoms with Crippen molar-refractivity contribution in [2.75, 3.05) is 13.6 Å². The molecule has 0 aliphatic carbocycles. The van der Waals surface area contributed by atoms with Crippen molar-refractivity contribution in [3.8, 4) is 0 Å². The number of rotatable bonds is 3. The fourth-order valence-electron chi connectivity index (χ4n) is 1.91. The lowest BCUT2D eigenvalue weighted by Gasteiger charge is -2.08. The first-order valence-electron chi connectivity index (χ1n) is 5.58. The van der Waals surface area contributed by atoms with E-state index in [1.807, 2.05) is 0 Å². The van der Waals surface area contributed by atoms with E-state index in [9.17, 15) is 21.6 Å². The number of hydrogen-bond acceptors (Lipinski definition) is 3. The van der Waals surface area contributed by atoms with E-state index in [-0.39, 0.29) is 16.2 Å². The number of alkyl halides is 3. The molecule has 19 heavy (non-hydrogen) atoms. The van der Waals surface area contributed by atoms with Gasteiger partial charge in [0.25, 0.3) is 0 Å². The molecule has 0 aromatic heterocycles. The monoisotopic (exact) mass is 291 g/mol. The molecule has 0 amide bonds. The van der Waals surface area contributed by atoms with Gasteiger partial charge in [0.2, 0.25) is 9.84 Å². The molecule has 2 rings (SSSR count). The van der Waals surface area contributed by atoms with Crippen LogP contribution in [-0.2, 0) is 16.0 Å². The Labute approximate surface area is 109 Å². The molecular weight excluding hydrogens is 279 g/mol. The van der Waals surface area contributed by atoms with Crippen LogP contribution in [0.3, 0.4) is 0 Å². The van der Waals surface area contributed by atoms with E-state index in [1.165, 1.54) is 12.1 Å². The third-order valence-electron chi connectivity index (χ3n) is 2.91. The molecule has 1 aromatic carbocycles. The van der Waals surface area contributed by atoms with Crippen molar-refractivity contribution in [3.05, 3.63) is 34.2 Å². The van der Waals surface area contributed by atoms with Crippen molar-refractivity contribution in [2.24, 2.45) is 0 Å². The Kier molecular flexibility index (Phi) is 3.44. The summed E-state index contributed by atoms with van der Waals surface area (Å²) in [6.45, 7) is 0.450. The van der Waals surface area contributed by atoms with E-state index < -0.39 is 21.6 Å². The summed E-state index contributed by atoms with van der Waals surface area (Å²) >= 11 is 0. The fourth-order valence-corrected chi connectivity index (χ4v) is 3.56. The van der Waals surface area contributed by atoms with Gasteiger partial charge in [0.15, 0.2) is 0 Å². The Morgan fingerprint density at radius 3 is 2.53 bits per heavy atom. The van der Waals surface area contributed by atoms with Crippen molar-refractivity contribution < 1.29 is 21.6 Å². The summed E-state index contributed by atoms with van der Waals surface area (Å²) in [6.07, 6.45) is -2.85. The van der Waals surface area contributed by atoms with E-state index in [4.69, 9.17) is 0 Å². The minimum atomic E-state index is -4.54. The van der Waals surface area contributed by atoms with Crippen molar-refractivity contribution in [1.29, 1.82) is 0 Å². The molecule has 0 saturated carbocycles. The van der Waals surface area contributed by atoms with Crippen LogP contribution < -0.4 is 5.32 Å². The Morgan fingerprint density at radius 2 is 1.95 bits per heavy atom. The molecule has 1 aliphatic rings. The maximum absolute atomic E-state index is 12.6. The van der Waals surface area contributed by atoms with Gasteiger partial charge in [-0.05, 0) is 43.8 Å². The lowest BCUT2D eigenvalue weighted by Crippen LogP contribution is -2.12. The predicted molar refractivity (Wildman–Crippen MR) is 65.2 cm³/mol. The Bertz CT molecular complexity index is 633. The van der Waals surface area contributed by atoms with Crippen LogP contribution in [-0.4, -0.2) is 22.0 Å². The largest absolute Gasteiger partial charge is 0.416 e. The summed E-state index contributed by atoms with van der Waals surface area (Å²) in [5, 5.41) is 2.81. The number of nitrogens with one attached hydrogen (secondary N) is 1. The second-order valence-electron chi connectivity index (χ2n) is 4.22. The Hall–Kier alpha value is -1.34. The quantitative estimate of drug-likeness (QED) is 0.930. The predicted octanol–water partition coefficient (Wildman–Crippen LogP) is 2.44. The van der Waals surface area contributed by atoms with Gasteiger partial charge >= 0.3 is 6.18 Å². The van der Waals surface area contributed by atoms with Gasteiger partial charge in [-0.3, -0.25) is 0 Å². The van der Waals surface area contributed by atoms with Gasteiger partial charge in [-0.2, -0.15) is 13.2 Å². The molecule has 7 heteroatoms. The van der Waals surface area contributed by atoms with Gasteiger partial charge in [-0.1, -0.05) is 6.07 Å². The smallest absolute Gasteiger partial charge is 0.319 e. The van der Waals surface area contributed by atoms with E-state index in [1.54, 1.807) is 7.05 Å². The van der Waals surface area contributed by atoms with E-state index in [0.717, 1.165) is 6.07 Å².